The summed E-state index contributed by atoms with van der Waals surface area (Å²) in [6.07, 6.45) is 0.357. The van der Waals surface area contributed by atoms with E-state index in [2.05, 4.69) is 5.32 Å². The van der Waals surface area contributed by atoms with E-state index >= 15 is 0 Å². The molecule has 0 aliphatic carbocycles. The first kappa shape index (κ1) is 13.3. The maximum atomic E-state index is 11.5. The van der Waals surface area contributed by atoms with Crippen LogP contribution in [0, 0.1) is 5.92 Å². The summed E-state index contributed by atoms with van der Waals surface area (Å²) in [5, 5.41) is 3.49. The van der Waals surface area contributed by atoms with Gasteiger partial charge in [-0.2, -0.15) is 0 Å². The molecule has 0 saturated carbocycles. The quantitative estimate of drug-likeness (QED) is 0.810. The minimum Gasteiger partial charge on any atom is -0.356 e. The van der Waals surface area contributed by atoms with E-state index < -0.39 is 0 Å². The molecule has 1 unspecified atom stereocenters. The van der Waals surface area contributed by atoms with Gasteiger partial charge < -0.3 is 5.32 Å². The molecule has 16 heavy (non-hydrogen) atoms. The van der Waals surface area contributed by atoms with E-state index in [4.69, 9.17) is 23.2 Å². The zero-order valence-electron chi connectivity index (χ0n) is 9.17. The summed E-state index contributed by atoms with van der Waals surface area (Å²) in [7, 11) is 0. The minimum absolute atomic E-state index is 0.000710. The molecule has 1 rings (SSSR count). The topological polar surface area (TPSA) is 29.1 Å². The average Bonchev–Trinajstić information content (AvgIpc) is 2.26. The predicted molar refractivity (Wildman–Crippen MR) is 68.0 cm³/mol. The lowest BCUT2D eigenvalue weighted by Gasteiger charge is -2.09. The average molecular weight is 260 g/mol. The maximum absolute atomic E-state index is 11.5. The standard InChI is InChI=1S/C12H15Cl2NO/c1-9(7-13)8-15-12(16)6-10-3-2-4-11(14)5-10/h2-5,9H,6-8H2,1H3,(H,15,16). The molecule has 0 saturated heterocycles. The van der Waals surface area contributed by atoms with Gasteiger partial charge in [0.15, 0.2) is 0 Å². The van der Waals surface area contributed by atoms with Crippen molar-refractivity contribution in [1.29, 1.82) is 0 Å². The number of rotatable bonds is 5. The first-order valence-corrected chi connectivity index (χ1v) is 6.10. The molecule has 0 aromatic heterocycles. The van der Waals surface area contributed by atoms with E-state index in [0.717, 1.165) is 5.56 Å². The predicted octanol–water partition coefficient (Wildman–Crippen LogP) is 2.87. The van der Waals surface area contributed by atoms with Gasteiger partial charge in [-0.25, -0.2) is 0 Å². The van der Waals surface area contributed by atoms with E-state index in [0.29, 0.717) is 29.8 Å². The van der Waals surface area contributed by atoms with Gasteiger partial charge in [0.2, 0.25) is 5.91 Å². The summed E-state index contributed by atoms with van der Waals surface area (Å²) < 4.78 is 0. The van der Waals surface area contributed by atoms with Crippen LogP contribution < -0.4 is 5.32 Å². The molecule has 1 N–H and O–H groups in total. The smallest absolute Gasteiger partial charge is 0.224 e. The van der Waals surface area contributed by atoms with Crippen molar-refractivity contribution in [2.45, 2.75) is 13.3 Å². The Bertz CT molecular complexity index is 355. The van der Waals surface area contributed by atoms with Gasteiger partial charge in [0.1, 0.15) is 0 Å². The summed E-state index contributed by atoms with van der Waals surface area (Å²) in [4.78, 5) is 11.5. The van der Waals surface area contributed by atoms with E-state index in [1.54, 1.807) is 12.1 Å². The van der Waals surface area contributed by atoms with Gasteiger partial charge in [0, 0.05) is 17.4 Å². The molecule has 0 aliphatic rings. The summed E-state index contributed by atoms with van der Waals surface area (Å²) in [6, 6.07) is 7.31. The lowest BCUT2D eigenvalue weighted by molar-refractivity contribution is -0.120. The highest BCUT2D eigenvalue weighted by Gasteiger charge is 2.05. The Morgan fingerprint density at radius 3 is 2.88 bits per heavy atom. The lowest BCUT2D eigenvalue weighted by atomic mass is 10.1. The summed E-state index contributed by atoms with van der Waals surface area (Å²) >= 11 is 11.5. The SMILES string of the molecule is CC(CCl)CNC(=O)Cc1cccc(Cl)c1. The Balaban J connectivity index is 2.40. The van der Waals surface area contributed by atoms with Gasteiger partial charge in [-0.1, -0.05) is 30.7 Å². The van der Waals surface area contributed by atoms with Gasteiger partial charge in [-0.3, -0.25) is 4.79 Å². The molecule has 0 aliphatic heterocycles. The molecule has 0 spiro atoms. The van der Waals surface area contributed by atoms with Crippen LogP contribution in [-0.4, -0.2) is 18.3 Å². The Kier molecular flexibility index (Phi) is 5.64. The molecular weight excluding hydrogens is 245 g/mol. The van der Waals surface area contributed by atoms with E-state index in [9.17, 15) is 4.79 Å². The molecule has 1 atom stereocenters. The fourth-order valence-electron chi connectivity index (χ4n) is 1.24. The van der Waals surface area contributed by atoms with Crippen LogP contribution in [0.5, 0.6) is 0 Å². The molecular formula is C12H15Cl2NO. The molecule has 4 heteroatoms. The van der Waals surface area contributed by atoms with Crippen molar-refractivity contribution in [3.05, 3.63) is 34.9 Å². The van der Waals surface area contributed by atoms with Crippen molar-refractivity contribution >= 4 is 29.1 Å². The monoisotopic (exact) mass is 259 g/mol. The fourth-order valence-corrected chi connectivity index (χ4v) is 1.56. The highest BCUT2D eigenvalue weighted by Crippen LogP contribution is 2.10. The number of nitrogens with one attached hydrogen (secondary N) is 1. The highest BCUT2D eigenvalue weighted by molar-refractivity contribution is 6.30. The van der Waals surface area contributed by atoms with E-state index in [1.807, 2.05) is 19.1 Å². The second-order valence-electron chi connectivity index (χ2n) is 3.87. The van der Waals surface area contributed by atoms with Crippen LogP contribution in [0.1, 0.15) is 12.5 Å². The van der Waals surface area contributed by atoms with Crippen LogP contribution in [0.4, 0.5) is 0 Å². The summed E-state index contributed by atoms with van der Waals surface area (Å²) in [5.74, 6) is 0.849. The fraction of sp³-hybridized carbons (Fsp3) is 0.417. The van der Waals surface area contributed by atoms with Crippen LogP contribution in [0.25, 0.3) is 0 Å². The van der Waals surface area contributed by atoms with Gasteiger partial charge >= 0.3 is 0 Å². The zero-order valence-corrected chi connectivity index (χ0v) is 10.7. The van der Waals surface area contributed by atoms with Crippen molar-refractivity contribution < 1.29 is 4.79 Å². The van der Waals surface area contributed by atoms with Crippen LogP contribution in [0.2, 0.25) is 5.02 Å². The number of hydrogen-bond donors (Lipinski definition) is 1. The van der Waals surface area contributed by atoms with Crippen molar-refractivity contribution in [2.24, 2.45) is 5.92 Å². The largest absolute Gasteiger partial charge is 0.356 e. The molecule has 0 fully saturated rings. The third-order valence-corrected chi connectivity index (χ3v) is 2.93. The second kappa shape index (κ2) is 6.77. The number of carbonyl (C=O) groups excluding carboxylic acids is 1. The van der Waals surface area contributed by atoms with Gasteiger partial charge in [-0.05, 0) is 23.6 Å². The van der Waals surface area contributed by atoms with Gasteiger partial charge in [0.25, 0.3) is 0 Å². The maximum Gasteiger partial charge on any atom is 0.224 e. The highest BCUT2D eigenvalue weighted by atomic mass is 35.5. The first-order valence-electron chi connectivity index (χ1n) is 5.19. The minimum atomic E-state index is -0.000710. The Labute approximate surface area is 106 Å². The molecule has 0 radical (unpaired) electrons. The number of amides is 1. The van der Waals surface area contributed by atoms with E-state index in [-0.39, 0.29) is 5.91 Å². The Morgan fingerprint density at radius 2 is 2.25 bits per heavy atom. The van der Waals surface area contributed by atoms with Crippen LogP contribution in [0.15, 0.2) is 24.3 Å². The molecule has 0 heterocycles. The van der Waals surface area contributed by atoms with Crippen molar-refractivity contribution in [1.82, 2.24) is 5.32 Å². The molecule has 1 aromatic carbocycles. The number of hydrogen-bond acceptors (Lipinski definition) is 1. The second-order valence-corrected chi connectivity index (χ2v) is 4.62. The van der Waals surface area contributed by atoms with Gasteiger partial charge in [-0.15, -0.1) is 11.6 Å². The summed E-state index contributed by atoms with van der Waals surface area (Å²) in [5.41, 5.74) is 0.920. The molecule has 1 aromatic rings. The zero-order chi connectivity index (χ0) is 12.0. The third kappa shape index (κ3) is 4.86. The van der Waals surface area contributed by atoms with Crippen molar-refractivity contribution in [2.75, 3.05) is 12.4 Å². The van der Waals surface area contributed by atoms with Crippen LogP contribution in [0.3, 0.4) is 0 Å². The van der Waals surface area contributed by atoms with Crippen molar-refractivity contribution in [3.63, 3.8) is 0 Å². The number of carbonyl (C=O) groups is 1. The third-order valence-electron chi connectivity index (χ3n) is 2.16. The Hall–Kier alpha value is -0.730. The van der Waals surface area contributed by atoms with Crippen LogP contribution >= 0.6 is 23.2 Å². The normalized spacial score (nSPS) is 12.2. The first-order chi connectivity index (χ1) is 7.61. The number of alkyl halides is 1. The number of halogens is 2. The van der Waals surface area contributed by atoms with Gasteiger partial charge in [0.05, 0.1) is 6.42 Å². The molecule has 1 amide bonds. The van der Waals surface area contributed by atoms with Crippen LogP contribution in [-0.2, 0) is 11.2 Å². The number of benzene rings is 1. The van der Waals surface area contributed by atoms with E-state index in [1.165, 1.54) is 0 Å². The molecule has 88 valence electrons. The Morgan fingerprint density at radius 1 is 1.50 bits per heavy atom. The summed E-state index contributed by atoms with van der Waals surface area (Å²) in [6.45, 7) is 2.61. The molecule has 2 nitrogen and oxygen atoms in total. The molecule has 0 bridgehead atoms. The lowest BCUT2D eigenvalue weighted by Crippen LogP contribution is -2.30. The van der Waals surface area contributed by atoms with Crippen molar-refractivity contribution in [3.8, 4) is 0 Å².